The van der Waals surface area contributed by atoms with E-state index in [0.29, 0.717) is 0 Å². The lowest BCUT2D eigenvalue weighted by molar-refractivity contribution is 0.0885. The van der Waals surface area contributed by atoms with Crippen molar-refractivity contribution in [1.29, 1.82) is 0 Å². The molecule has 0 saturated heterocycles. The molecule has 2 rings (SSSR count). The Bertz CT molecular complexity index is 358. The lowest BCUT2D eigenvalue weighted by atomic mass is 9.84. The van der Waals surface area contributed by atoms with Crippen LogP contribution in [-0.4, -0.2) is 10.8 Å². The van der Waals surface area contributed by atoms with Crippen LogP contribution in [0.15, 0.2) is 18.5 Å². The van der Waals surface area contributed by atoms with E-state index in [4.69, 9.17) is 0 Å². The summed E-state index contributed by atoms with van der Waals surface area (Å²) in [5, 5.41) is 0. The van der Waals surface area contributed by atoms with Crippen molar-refractivity contribution in [1.82, 2.24) is 4.98 Å². The topological polar surface area (TPSA) is 30.0 Å². The first-order valence-electron chi connectivity index (χ1n) is 5.43. The van der Waals surface area contributed by atoms with Gasteiger partial charge in [-0.25, -0.2) is 4.39 Å². The molecule has 1 saturated carbocycles. The maximum Gasteiger partial charge on any atom is 0.168 e. The summed E-state index contributed by atoms with van der Waals surface area (Å²) < 4.78 is 13.3. The maximum atomic E-state index is 13.3. The van der Waals surface area contributed by atoms with Gasteiger partial charge < -0.3 is 0 Å². The third-order valence-corrected chi connectivity index (χ3v) is 3.01. The fraction of sp³-hybridized carbons (Fsp3) is 0.500. The molecule has 0 spiro atoms. The van der Waals surface area contributed by atoms with E-state index in [9.17, 15) is 9.18 Å². The van der Waals surface area contributed by atoms with E-state index in [1.165, 1.54) is 18.7 Å². The smallest absolute Gasteiger partial charge is 0.168 e. The molecule has 0 atom stereocenters. The van der Waals surface area contributed by atoms with E-state index in [2.05, 4.69) is 4.98 Å². The number of hydrogen-bond donors (Lipinski definition) is 0. The Hall–Kier alpha value is -1.25. The number of hydrogen-bond acceptors (Lipinski definition) is 2. The standard InChI is InChI=1S/C12H14FNO/c13-11-8-14-7-6-10(11)12(15)9-4-2-1-3-5-9/h6-9H,1-5H2. The molecule has 0 N–H and O–H groups in total. The Morgan fingerprint density at radius 1 is 1.33 bits per heavy atom. The van der Waals surface area contributed by atoms with Gasteiger partial charge in [0.1, 0.15) is 0 Å². The largest absolute Gasteiger partial charge is 0.294 e. The van der Waals surface area contributed by atoms with Crippen LogP contribution in [0.3, 0.4) is 0 Å². The molecule has 1 aliphatic rings. The molecule has 0 radical (unpaired) electrons. The van der Waals surface area contributed by atoms with Crippen LogP contribution in [0, 0.1) is 11.7 Å². The van der Waals surface area contributed by atoms with Crippen LogP contribution in [0.4, 0.5) is 4.39 Å². The average Bonchev–Trinajstić information content (AvgIpc) is 2.30. The van der Waals surface area contributed by atoms with E-state index in [-0.39, 0.29) is 17.3 Å². The Morgan fingerprint density at radius 3 is 2.73 bits per heavy atom. The fourth-order valence-electron chi connectivity index (χ4n) is 2.16. The maximum absolute atomic E-state index is 13.3. The molecule has 2 nitrogen and oxygen atoms in total. The molecule has 3 heteroatoms. The molecule has 1 aromatic heterocycles. The second-order valence-electron chi connectivity index (χ2n) is 4.05. The van der Waals surface area contributed by atoms with Crippen LogP contribution in [0.2, 0.25) is 0 Å². The highest BCUT2D eigenvalue weighted by Gasteiger charge is 2.24. The second-order valence-corrected chi connectivity index (χ2v) is 4.05. The molecular formula is C12H14FNO. The minimum absolute atomic E-state index is 0.0237. The number of halogens is 1. The predicted molar refractivity (Wildman–Crippen MR) is 55.1 cm³/mol. The van der Waals surface area contributed by atoms with Gasteiger partial charge in [0.15, 0.2) is 11.6 Å². The third-order valence-electron chi connectivity index (χ3n) is 3.01. The number of ketones is 1. The fourth-order valence-corrected chi connectivity index (χ4v) is 2.16. The number of nitrogens with zero attached hydrogens (tertiary/aromatic N) is 1. The van der Waals surface area contributed by atoms with Crippen LogP contribution in [0.25, 0.3) is 0 Å². The number of rotatable bonds is 2. The molecular weight excluding hydrogens is 193 g/mol. The zero-order valence-electron chi connectivity index (χ0n) is 8.58. The Kier molecular flexibility index (Phi) is 3.09. The lowest BCUT2D eigenvalue weighted by Crippen LogP contribution is -2.19. The minimum atomic E-state index is -0.493. The van der Waals surface area contributed by atoms with Gasteiger partial charge in [-0.05, 0) is 18.9 Å². The predicted octanol–water partition coefficient (Wildman–Crippen LogP) is 2.98. The molecule has 80 valence electrons. The normalized spacial score (nSPS) is 17.7. The van der Waals surface area contributed by atoms with Crippen molar-refractivity contribution >= 4 is 5.78 Å². The van der Waals surface area contributed by atoms with E-state index in [0.717, 1.165) is 31.9 Å². The van der Waals surface area contributed by atoms with Crippen molar-refractivity contribution in [2.24, 2.45) is 5.92 Å². The van der Waals surface area contributed by atoms with Crippen LogP contribution in [0.1, 0.15) is 42.5 Å². The Labute approximate surface area is 88.5 Å². The van der Waals surface area contributed by atoms with Crippen molar-refractivity contribution in [3.8, 4) is 0 Å². The number of Topliss-reactive ketones (excluding diaryl/α,β-unsaturated/α-hetero) is 1. The molecule has 0 bridgehead atoms. The summed E-state index contributed by atoms with van der Waals surface area (Å²) in [7, 11) is 0. The lowest BCUT2D eigenvalue weighted by Gasteiger charge is -2.20. The van der Waals surface area contributed by atoms with Crippen LogP contribution >= 0.6 is 0 Å². The highest BCUT2D eigenvalue weighted by Crippen LogP contribution is 2.27. The van der Waals surface area contributed by atoms with Crippen molar-refractivity contribution < 1.29 is 9.18 Å². The molecule has 1 heterocycles. The number of carbonyl (C=O) groups is 1. The quantitative estimate of drug-likeness (QED) is 0.698. The van der Waals surface area contributed by atoms with E-state index < -0.39 is 5.82 Å². The van der Waals surface area contributed by atoms with Crippen LogP contribution in [0.5, 0.6) is 0 Å². The van der Waals surface area contributed by atoms with Gasteiger partial charge in [0.25, 0.3) is 0 Å². The molecule has 1 aliphatic carbocycles. The van der Waals surface area contributed by atoms with Gasteiger partial charge in [-0.2, -0.15) is 0 Å². The summed E-state index contributed by atoms with van der Waals surface area (Å²) in [6.45, 7) is 0. The third kappa shape index (κ3) is 2.22. The molecule has 0 unspecified atom stereocenters. The zero-order valence-corrected chi connectivity index (χ0v) is 8.58. The number of aromatic nitrogens is 1. The number of pyridine rings is 1. The second kappa shape index (κ2) is 4.51. The summed E-state index contributed by atoms with van der Waals surface area (Å²) in [6, 6.07) is 1.48. The van der Waals surface area contributed by atoms with Crippen molar-refractivity contribution in [2.45, 2.75) is 32.1 Å². The van der Waals surface area contributed by atoms with Gasteiger partial charge in [-0.15, -0.1) is 0 Å². The molecule has 1 fully saturated rings. The monoisotopic (exact) mass is 207 g/mol. The summed E-state index contributed by atoms with van der Waals surface area (Å²) in [5.74, 6) is -0.515. The number of carbonyl (C=O) groups excluding carboxylic acids is 1. The molecule has 0 aromatic carbocycles. The Balaban J connectivity index is 2.16. The summed E-state index contributed by atoms with van der Waals surface area (Å²) in [5.41, 5.74) is 0.205. The first-order valence-corrected chi connectivity index (χ1v) is 5.43. The summed E-state index contributed by atoms with van der Waals surface area (Å²) in [6.07, 6.45) is 7.76. The van der Waals surface area contributed by atoms with Crippen molar-refractivity contribution in [3.05, 3.63) is 29.8 Å². The molecule has 0 amide bonds. The van der Waals surface area contributed by atoms with Crippen molar-refractivity contribution in [3.63, 3.8) is 0 Å². The van der Waals surface area contributed by atoms with Gasteiger partial charge in [-0.3, -0.25) is 9.78 Å². The highest BCUT2D eigenvalue weighted by molar-refractivity contribution is 5.97. The average molecular weight is 207 g/mol. The van der Waals surface area contributed by atoms with Gasteiger partial charge in [-0.1, -0.05) is 19.3 Å². The molecule has 1 aromatic rings. The van der Waals surface area contributed by atoms with Crippen molar-refractivity contribution in [2.75, 3.05) is 0 Å². The SMILES string of the molecule is O=C(c1ccncc1F)C1CCCCC1. The van der Waals surface area contributed by atoms with Gasteiger partial charge in [0.2, 0.25) is 0 Å². The van der Waals surface area contributed by atoms with E-state index >= 15 is 0 Å². The summed E-state index contributed by atoms with van der Waals surface area (Å²) >= 11 is 0. The van der Waals surface area contributed by atoms with Gasteiger partial charge >= 0.3 is 0 Å². The molecule has 0 aliphatic heterocycles. The first-order chi connectivity index (χ1) is 7.29. The highest BCUT2D eigenvalue weighted by atomic mass is 19.1. The molecule has 15 heavy (non-hydrogen) atoms. The van der Waals surface area contributed by atoms with E-state index in [1.54, 1.807) is 0 Å². The van der Waals surface area contributed by atoms with Gasteiger partial charge in [0, 0.05) is 12.1 Å². The van der Waals surface area contributed by atoms with Gasteiger partial charge in [0.05, 0.1) is 11.8 Å². The Morgan fingerprint density at radius 2 is 2.07 bits per heavy atom. The first kappa shape index (κ1) is 10.3. The van der Waals surface area contributed by atoms with E-state index in [1.807, 2.05) is 0 Å². The van der Waals surface area contributed by atoms with Crippen LogP contribution in [-0.2, 0) is 0 Å². The zero-order chi connectivity index (χ0) is 10.7. The minimum Gasteiger partial charge on any atom is -0.294 e. The summed E-state index contributed by atoms with van der Waals surface area (Å²) in [4.78, 5) is 15.6. The van der Waals surface area contributed by atoms with Crippen LogP contribution < -0.4 is 0 Å².